The van der Waals surface area contributed by atoms with Gasteiger partial charge in [0.1, 0.15) is 5.82 Å². The topological polar surface area (TPSA) is 79.4 Å². The maximum atomic E-state index is 12.8. The highest BCUT2D eigenvalue weighted by Gasteiger charge is 2.24. The summed E-state index contributed by atoms with van der Waals surface area (Å²) in [7, 11) is -2.16. The molecule has 8 heteroatoms. The summed E-state index contributed by atoms with van der Waals surface area (Å²) in [6, 6.07) is 14.3. The van der Waals surface area contributed by atoms with Crippen LogP contribution >= 0.6 is 11.3 Å². The zero-order valence-electron chi connectivity index (χ0n) is 14.9. The molecule has 0 unspecified atom stereocenters. The van der Waals surface area contributed by atoms with Crippen LogP contribution < -0.4 is 5.32 Å². The standard InChI is InChI=1S/C19H19N3O3S2/c1-14-8-9-20-18(10-14)21-19(23)17-11-16(13-26-17)27(24,25)22(2)12-15-6-4-3-5-7-15/h3-11,13H,12H2,1-2H3,(H,20,21,23). The predicted octanol–water partition coefficient (Wildman–Crippen LogP) is 3.52. The Morgan fingerprint density at radius 2 is 1.93 bits per heavy atom. The lowest BCUT2D eigenvalue weighted by Gasteiger charge is -2.16. The lowest BCUT2D eigenvalue weighted by atomic mass is 10.2. The summed E-state index contributed by atoms with van der Waals surface area (Å²) in [4.78, 5) is 16.9. The van der Waals surface area contributed by atoms with Crippen molar-refractivity contribution in [2.45, 2.75) is 18.4 Å². The first-order chi connectivity index (χ1) is 12.9. The highest BCUT2D eigenvalue weighted by atomic mass is 32.2. The molecule has 2 heterocycles. The zero-order valence-corrected chi connectivity index (χ0v) is 16.5. The van der Waals surface area contributed by atoms with Crippen LogP contribution in [0.1, 0.15) is 20.8 Å². The third kappa shape index (κ3) is 4.60. The SMILES string of the molecule is Cc1ccnc(NC(=O)c2cc(S(=O)(=O)N(C)Cc3ccccc3)cs2)c1. The number of carbonyl (C=O) groups excluding carboxylic acids is 1. The molecule has 0 bridgehead atoms. The number of pyridine rings is 1. The number of benzene rings is 1. The number of hydrogen-bond acceptors (Lipinski definition) is 5. The van der Waals surface area contributed by atoms with E-state index in [4.69, 9.17) is 0 Å². The Balaban J connectivity index is 1.74. The van der Waals surface area contributed by atoms with Crippen molar-refractivity contribution in [3.8, 4) is 0 Å². The quantitative estimate of drug-likeness (QED) is 0.685. The molecule has 0 aliphatic heterocycles. The Kier molecular flexibility index (Phi) is 5.69. The number of carbonyl (C=O) groups is 1. The van der Waals surface area contributed by atoms with Crippen LogP contribution in [0.2, 0.25) is 0 Å². The highest BCUT2D eigenvalue weighted by molar-refractivity contribution is 7.89. The van der Waals surface area contributed by atoms with Gasteiger partial charge in [-0.1, -0.05) is 30.3 Å². The lowest BCUT2D eigenvalue weighted by Crippen LogP contribution is -2.26. The summed E-state index contributed by atoms with van der Waals surface area (Å²) in [5.74, 6) is 0.0456. The van der Waals surface area contributed by atoms with Gasteiger partial charge in [-0.25, -0.2) is 13.4 Å². The molecule has 27 heavy (non-hydrogen) atoms. The Bertz CT molecular complexity index is 1050. The van der Waals surface area contributed by atoms with Crippen LogP contribution in [0.15, 0.2) is 65.0 Å². The first kappa shape index (κ1) is 19.2. The van der Waals surface area contributed by atoms with Gasteiger partial charge in [0.05, 0.1) is 9.77 Å². The van der Waals surface area contributed by atoms with Gasteiger partial charge in [-0.2, -0.15) is 4.31 Å². The van der Waals surface area contributed by atoms with Crippen molar-refractivity contribution in [1.29, 1.82) is 0 Å². The second kappa shape index (κ2) is 7.99. The smallest absolute Gasteiger partial charge is 0.266 e. The second-order valence-corrected chi connectivity index (χ2v) is 9.02. The average Bonchev–Trinajstić information content (AvgIpc) is 3.13. The molecule has 0 spiro atoms. The fraction of sp³-hybridized carbons (Fsp3) is 0.158. The van der Waals surface area contributed by atoms with Crippen molar-refractivity contribution < 1.29 is 13.2 Å². The monoisotopic (exact) mass is 401 g/mol. The van der Waals surface area contributed by atoms with Crippen molar-refractivity contribution >= 4 is 33.1 Å². The van der Waals surface area contributed by atoms with Crippen molar-refractivity contribution in [1.82, 2.24) is 9.29 Å². The van der Waals surface area contributed by atoms with E-state index in [0.717, 1.165) is 22.5 Å². The maximum Gasteiger partial charge on any atom is 0.266 e. The van der Waals surface area contributed by atoms with Crippen LogP contribution in [0.25, 0.3) is 0 Å². The number of amides is 1. The average molecular weight is 402 g/mol. The summed E-state index contributed by atoms with van der Waals surface area (Å²) in [6.45, 7) is 2.16. The lowest BCUT2D eigenvalue weighted by molar-refractivity contribution is 0.103. The van der Waals surface area contributed by atoms with E-state index in [0.29, 0.717) is 10.7 Å². The molecule has 6 nitrogen and oxygen atoms in total. The molecule has 0 aliphatic carbocycles. The van der Waals surface area contributed by atoms with E-state index >= 15 is 0 Å². The fourth-order valence-electron chi connectivity index (χ4n) is 2.46. The Labute approximate surface area is 162 Å². The van der Waals surface area contributed by atoms with Crippen LogP contribution in [0.3, 0.4) is 0 Å². The Hall–Kier alpha value is -2.55. The molecule has 0 saturated carbocycles. The number of sulfonamides is 1. The van der Waals surface area contributed by atoms with Gasteiger partial charge in [-0.3, -0.25) is 4.79 Å². The Morgan fingerprint density at radius 1 is 1.19 bits per heavy atom. The van der Waals surface area contributed by atoms with E-state index in [2.05, 4.69) is 10.3 Å². The molecule has 2 aromatic heterocycles. The van der Waals surface area contributed by atoms with E-state index in [1.165, 1.54) is 22.8 Å². The molecule has 0 aliphatic rings. The van der Waals surface area contributed by atoms with E-state index in [-0.39, 0.29) is 17.3 Å². The van der Waals surface area contributed by atoms with Crippen molar-refractivity contribution in [2.75, 3.05) is 12.4 Å². The van der Waals surface area contributed by atoms with Gasteiger partial charge in [0.2, 0.25) is 10.0 Å². The van der Waals surface area contributed by atoms with Gasteiger partial charge in [-0.05, 0) is 36.2 Å². The van der Waals surface area contributed by atoms with E-state index in [1.54, 1.807) is 12.3 Å². The summed E-state index contributed by atoms with van der Waals surface area (Å²) in [5, 5.41) is 4.17. The molecule has 3 aromatic rings. The van der Waals surface area contributed by atoms with Crippen LogP contribution in [0, 0.1) is 6.92 Å². The summed E-state index contributed by atoms with van der Waals surface area (Å²) in [6.07, 6.45) is 1.60. The number of anilines is 1. The minimum atomic E-state index is -3.68. The van der Waals surface area contributed by atoms with Crippen LogP contribution in [0.4, 0.5) is 5.82 Å². The number of hydrogen-bond donors (Lipinski definition) is 1. The van der Waals surface area contributed by atoms with Gasteiger partial charge in [0.25, 0.3) is 5.91 Å². The first-order valence-corrected chi connectivity index (χ1v) is 10.5. The number of nitrogens with one attached hydrogen (secondary N) is 1. The third-order valence-electron chi connectivity index (χ3n) is 3.91. The first-order valence-electron chi connectivity index (χ1n) is 8.19. The number of thiophene rings is 1. The van der Waals surface area contributed by atoms with Crippen molar-refractivity contribution in [3.05, 3.63) is 76.1 Å². The van der Waals surface area contributed by atoms with E-state index in [1.807, 2.05) is 43.3 Å². The van der Waals surface area contributed by atoms with Gasteiger partial charge >= 0.3 is 0 Å². The number of aromatic nitrogens is 1. The molecule has 1 amide bonds. The highest BCUT2D eigenvalue weighted by Crippen LogP contribution is 2.24. The number of rotatable bonds is 6. The third-order valence-corrected chi connectivity index (χ3v) is 6.77. The molecular weight excluding hydrogens is 382 g/mol. The van der Waals surface area contributed by atoms with E-state index < -0.39 is 10.0 Å². The maximum absolute atomic E-state index is 12.8. The Morgan fingerprint density at radius 3 is 2.63 bits per heavy atom. The molecule has 0 radical (unpaired) electrons. The predicted molar refractivity (Wildman–Crippen MR) is 106 cm³/mol. The van der Waals surface area contributed by atoms with Gasteiger partial charge in [-0.15, -0.1) is 11.3 Å². The summed E-state index contributed by atoms with van der Waals surface area (Å²) < 4.78 is 26.8. The van der Waals surface area contributed by atoms with Gasteiger partial charge < -0.3 is 5.32 Å². The molecule has 0 atom stereocenters. The minimum absolute atomic E-state index is 0.105. The molecule has 0 fully saturated rings. The van der Waals surface area contributed by atoms with Crippen LogP contribution in [-0.2, 0) is 16.6 Å². The van der Waals surface area contributed by atoms with E-state index in [9.17, 15) is 13.2 Å². The van der Waals surface area contributed by atoms with Crippen molar-refractivity contribution in [3.63, 3.8) is 0 Å². The molecule has 1 aromatic carbocycles. The summed E-state index contributed by atoms with van der Waals surface area (Å²) in [5.41, 5.74) is 1.86. The van der Waals surface area contributed by atoms with Crippen molar-refractivity contribution in [2.24, 2.45) is 0 Å². The molecular formula is C19H19N3O3S2. The number of aryl methyl sites for hydroxylation is 1. The molecule has 140 valence electrons. The molecule has 1 N–H and O–H groups in total. The van der Waals surface area contributed by atoms with Crippen LogP contribution in [0.5, 0.6) is 0 Å². The largest absolute Gasteiger partial charge is 0.306 e. The van der Waals surface area contributed by atoms with Crippen LogP contribution in [-0.4, -0.2) is 30.7 Å². The molecule has 3 rings (SSSR count). The normalized spacial score (nSPS) is 11.5. The summed E-state index contributed by atoms with van der Waals surface area (Å²) >= 11 is 1.09. The second-order valence-electron chi connectivity index (χ2n) is 6.07. The minimum Gasteiger partial charge on any atom is -0.306 e. The fourth-order valence-corrected chi connectivity index (χ4v) is 4.78. The van der Waals surface area contributed by atoms with Gasteiger partial charge in [0, 0.05) is 25.2 Å². The van der Waals surface area contributed by atoms with Gasteiger partial charge in [0.15, 0.2) is 0 Å². The zero-order chi connectivity index (χ0) is 19.4. The number of nitrogens with zero attached hydrogens (tertiary/aromatic N) is 2. The molecule has 0 saturated heterocycles.